The number of rotatable bonds is 10. The van der Waals surface area contributed by atoms with Crippen LogP contribution in [0.5, 0.6) is 0 Å². The van der Waals surface area contributed by atoms with Gasteiger partial charge in [0.05, 0.1) is 0 Å². The molecule has 1 fully saturated rings. The topological polar surface area (TPSA) is 58.2 Å². The number of Topliss-reactive ketones (excluding diaryl/α,β-unsaturated/α-hetero) is 2. The van der Waals surface area contributed by atoms with Gasteiger partial charge in [-0.05, 0) is 79.9 Å². The summed E-state index contributed by atoms with van der Waals surface area (Å²) in [5.74, 6) is 2.85. The second kappa shape index (κ2) is 15.3. The van der Waals surface area contributed by atoms with E-state index in [-0.39, 0.29) is 11.7 Å². The molecule has 192 valence electrons. The monoisotopic (exact) mass is 470 g/mol. The van der Waals surface area contributed by atoms with Crippen LogP contribution in [0.1, 0.15) is 111 Å². The second-order valence-electron chi connectivity index (χ2n) is 10.7. The molecule has 0 aromatic rings. The highest BCUT2D eigenvalue weighted by Crippen LogP contribution is 2.35. The third-order valence-electron chi connectivity index (χ3n) is 8.14. The van der Waals surface area contributed by atoms with Gasteiger partial charge in [0.2, 0.25) is 0 Å². The molecule has 3 rings (SSSR count). The molecule has 0 aliphatic heterocycles. The summed E-state index contributed by atoms with van der Waals surface area (Å²) in [6.45, 7) is 8.56. The summed E-state index contributed by atoms with van der Waals surface area (Å²) >= 11 is 0. The van der Waals surface area contributed by atoms with E-state index in [4.69, 9.17) is 0 Å². The predicted molar refractivity (Wildman–Crippen MR) is 143 cm³/mol. The largest absolute Gasteiger partial charge is 0.329 e. The lowest BCUT2D eigenvalue weighted by Gasteiger charge is -2.28. The Bertz CT molecular complexity index is 743. The zero-order valence-electron chi connectivity index (χ0n) is 22.6. The molecule has 0 saturated heterocycles. The molecule has 0 amide bonds. The van der Waals surface area contributed by atoms with Crippen molar-refractivity contribution in [1.82, 2.24) is 10.9 Å². The van der Waals surface area contributed by atoms with Gasteiger partial charge >= 0.3 is 0 Å². The lowest BCUT2D eigenvalue weighted by molar-refractivity contribution is -0.123. The third kappa shape index (κ3) is 9.17. The number of ketones is 2. The van der Waals surface area contributed by atoms with E-state index in [1.165, 1.54) is 43.3 Å². The van der Waals surface area contributed by atoms with E-state index in [9.17, 15) is 9.59 Å². The molecule has 0 unspecified atom stereocenters. The summed E-state index contributed by atoms with van der Waals surface area (Å²) in [5, 5.41) is 0. The molecule has 34 heavy (non-hydrogen) atoms. The van der Waals surface area contributed by atoms with Crippen LogP contribution in [0.3, 0.4) is 0 Å². The average molecular weight is 471 g/mol. The van der Waals surface area contributed by atoms with Crippen LogP contribution in [-0.2, 0) is 9.59 Å². The summed E-state index contributed by atoms with van der Waals surface area (Å²) in [5.41, 5.74) is 9.51. The minimum atomic E-state index is 0.157. The molecule has 3 aliphatic rings. The van der Waals surface area contributed by atoms with Crippen molar-refractivity contribution in [2.24, 2.45) is 23.7 Å². The van der Waals surface area contributed by atoms with Crippen LogP contribution in [0, 0.1) is 23.7 Å². The van der Waals surface area contributed by atoms with Crippen LogP contribution >= 0.6 is 0 Å². The number of hydrogen-bond acceptors (Lipinski definition) is 4. The average Bonchev–Trinajstić information content (AvgIpc) is 3.40. The first-order chi connectivity index (χ1) is 16.4. The molecule has 4 heteroatoms. The Labute approximate surface area is 209 Å². The van der Waals surface area contributed by atoms with Crippen molar-refractivity contribution < 1.29 is 9.59 Å². The minimum Gasteiger partial charge on any atom is -0.329 e. The van der Waals surface area contributed by atoms with Crippen LogP contribution in [0.25, 0.3) is 0 Å². The minimum absolute atomic E-state index is 0.157. The highest BCUT2D eigenvalue weighted by molar-refractivity contribution is 5.95. The summed E-state index contributed by atoms with van der Waals surface area (Å²) in [6, 6.07) is 0. The summed E-state index contributed by atoms with van der Waals surface area (Å²) in [7, 11) is 1.85. The fraction of sp³-hybridized carbons (Fsp3) is 0.733. The smallest absolute Gasteiger partial charge is 0.158 e. The van der Waals surface area contributed by atoms with Gasteiger partial charge in [-0.3, -0.25) is 9.59 Å². The Balaban J connectivity index is 0.000000497. The SMILES string of the molecule is CCC(=O)C1=CCC[C@H](CCC(=O)[C@H]2CC=C(/C(C)=C/NNC)[C@@H](C)C2)C1.CCC1CCCC1. The number of carbonyl (C=O) groups is 2. The zero-order valence-corrected chi connectivity index (χ0v) is 22.6. The fourth-order valence-corrected chi connectivity index (χ4v) is 5.86. The quantitative estimate of drug-likeness (QED) is 0.331. The van der Waals surface area contributed by atoms with Crippen molar-refractivity contribution in [3.63, 3.8) is 0 Å². The second-order valence-corrected chi connectivity index (χ2v) is 10.7. The maximum absolute atomic E-state index is 12.8. The van der Waals surface area contributed by atoms with Crippen LogP contribution in [0.4, 0.5) is 0 Å². The van der Waals surface area contributed by atoms with Crippen molar-refractivity contribution in [3.8, 4) is 0 Å². The van der Waals surface area contributed by atoms with E-state index in [0.717, 1.165) is 50.0 Å². The Morgan fingerprint density at radius 1 is 1.09 bits per heavy atom. The first-order valence-corrected chi connectivity index (χ1v) is 13.9. The Morgan fingerprint density at radius 2 is 1.82 bits per heavy atom. The molecule has 0 aromatic carbocycles. The maximum atomic E-state index is 12.8. The molecular formula is C30H50N2O2. The van der Waals surface area contributed by atoms with E-state index in [0.29, 0.717) is 30.5 Å². The van der Waals surface area contributed by atoms with Crippen molar-refractivity contribution in [2.45, 2.75) is 111 Å². The van der Waals surface area contributed by atoms with Crippen molar-refractivity contribution in [3.05, 3.63) is 35.1 Å². The van der Waals surface area contributed by atoms with Crippen LogP contribution in [0.2, 0.25) is 0 Å². The highest BCUT2D eigenvalue weighted by Gasteiger charge is 2.27. The lowest BCUT2D eigenvalue weighted by atomic mass is 9.76. The standard InChI is InChI=1S/C23H36N2O2.C7H14/c1-5-22(26)19-8-6-7-18(14-19)9-12-23(27)20-10-11-21(16(2)13-20)17(3)15-25-24-4;1-2-7-5-3-4-6-7/h8,11,15-16,18,20,24-25H,5-7,9-10,12-14H2,1-4H3;7H,2-6H2,1H3/b17-15+;/t16-,18+,20-;/m0./s1. The van der Waals surface area contributed by atoms with Crippen molar-refractivity contribution in [1.29, 1.82) is 0 Å². The molecule has 0 heterocycles. The van der Waals surface area contributed by atoms with Gasteiger partial charge in [-0.15, -0.1) is 0 Å². The Kier molecular flexibility index (Phi) is 12.9. The Hall–Kier alpha value is -1.68. The van der Waals surface area contributed by atoms with Crippen LogP contribution in [0.15, 0.2) is 35.1 Å². The van der Waals surface area contributed by atoms with E-state index >= 15 is 0 Å². The molecule has 3 atom stereocenters. The van der Waals surface area contributed by atoms with Crippen molar-refractivity contribution in [2.75, 3.05) is 7.05 Å². The van der Waals surface area contributed by atoms with Gasteiger partial charge in [0.15, 0.2) is 5.78 Å². The third-order valence-corrected chi connectivity index (χ3v) is 8.14. The molecule has 0 spiro atoms. The fourth-order valence-electron chi connectivity index (χ4n) is 5.86. The number of nitrogens with one attached hydrogen (secondary N) is 2. The summed E-state index contributed by atoms with van der Waals surface area (Å²) in [4.78, 5) is 24.7. The molecule has 1 saturated carbocycles. The molecule has 0 aromatic heterocycles. The first-order valence-electron chi connectivity index (χ1n) is 13.9. The van der Waals surface area contributed by atoms with Gasteiger partial charge < -0.3 is 5.43 Å². The van der Waals surface area contributed by atoms with Crippen LogP contribution < -0.4 is 10.9 Å². The summed E-state index contributed by atoms with van der Waals surface area (Å²) < 4.78 is 0. The van der Waals surface area contributed by atoms with E-state index in [1.54, 1.807) is 0 Å². The maximum Gasteiger partial charge on any atom is 0.158 e. The van der Waals surface area contributed by atoms with E-state index in [1.807, 2.05) is 20.2 Å². The van der Waals surface area contributed by atoms with Gasteiger partial charge in [-0.25, -0.2) is 5.43 Å². The van der Waals surface area contributed by atoms with E-state index in [2.05, 4.69) is 43.8 Å². The Morgan fingerprint density at radius 3 is 2.41 bits per heavy atom. The van der Waals surface area contributed by atoms with Crippen LogP contribution in [-0.4, -0.2) is 18.6 Å². The van der Waals surface area contributed by atoms with E-state index < -0.39 is 0 Å². The molecule has 3 aliphatic carbocycles. The van der Waals surface area contributed by atoms with Gasteiger partial charge in [0.1, 0.15) is 5.78 Å². The highest BCUT2D eigenvalue weighted by atomic mass is 16.1. The molecule has 0 radical (unpaired) electrons. The molecule has 4 nitrogen and oxygen atoms in total. The summed E-state index contributed by atoms with van der Waals surface area (Å²) in [6.07, 6.45) is 20.7. The number of allylic oxidation sites excluding steroid dienone is 5. The molecular weight excluding hydrogens is 420 g/mol. The van der Waals surface area contributed by atoms with Gasteiger partial charge in [-0.2, -0.15) is 0 Å². The van der Waals surface area contributed by atoms with Gasteiger partial charge in [0, 0.05) is 32.0 Å². The normalized spacial score (nSPS) is 25.7. The zero-order chi connectivity index (χ0) is 24.9. The number of hydrogen-bond donors (Lipinski definition) is 2. The lowest BCUT2D eigenvalue weighted by Crippen LogP contribution is -2.24. The molecule has 0 bridgehead atoms. The number of carbonyl (C=O) groups excluding carboxylic acids is 2. The van der Waals surface area contributed by atoms with Gasteiger partial charge in [-0.1, -0.05) is 65.0 Å². The number of hydrazine groups is 1. The van der Waals surface area contributed by atoms with Gasteiger partial charge in [0.25, 0.3) is 0 Å². The molecule has 2 N–H and O–H groups in total. The predicted octanol–water partition coefficient (Wildman–Crippen LogP) is 7.23. The van der Waals surface area contributed by atoms with Crippen molar-refractivity contribution >= 4 is 11.6 Å². The first kappa shape index (κ1) is 28.6.